The average molecular weight is 454 g/mol. The van der Waals surface area contributed by atoms with Crippen LogP contribution in [0.5, 0.6) is 0 Å². The van der Waals surface area contributed by atoms with E-state index in [-0.39, 0.29) is 17.9 Å². The Morgan fingerprint density at radius 2 is 2.10 bits per heavy atom. The van der Waals surface area contributed by atoms with Gasteiger partial charge in [-0.2, -0.15) is 16.9 Å². The molecule has 29 heavy (non-hydrogen) atoms. The number of fused-ring (bicyclic) bond motifs is 1. The number of ether oxygens (including phenoxy) is 1. The normalized spacial score (nSPS) is 16.3. The lowest BCUT2D eigenvalue weighted by molar-refractivity contribution is -0.0347. The summed E-state index contributed by atoms with van der Waals surface area (Å²) in [6.07, 6.45) is 3.89. The zero-order valence-corrected chi connectivity index (χ0v) is 17.9. The number of benzene rings is 1. The van der Waals surface area contributed by atoms with Crippen LogP contribution in [0.3, 0.4) is 0 Å². The van der Waals surface area contributed by atoms with Crippen molar-refractivity contribution in [2.24, 2.45) is 0 Å². The maximum Gasteiger partial charge on any atom is 0.276 e. The Kier molecular flexibility index (Phi) is 6.77. The van der Waals surface area contributed by atoms with E-state index in [4.69, 9.17) is 27.9 Å². The SMILES string of the molecule is O=c1[nH]c(C[C@@H](NCc2ccc(Cl)c(Cl)c2)OC2CCSCC2)nc2cn[nH]c12. The molecular weight excluding hydrogens is 433 g/mol. The molecule has 2 aromatic heterocycles. The standard InChI is InChI=1S/C19H21Cl2N5O2S/c20-13-2-1-11(7-14(13)21)9-22-17(28-12-3-5-29-6-4-12)8-16-24-15-10-23-26-18(15)19(27)25-16/h1-2,7,10,12,17,22H,3-6,8-9H2,(H,23,26)(H,24,25,27)/t17-/m0/s1. The van der Waals surface area contributed by atoms with Crippen LogP contribution in [0.2, 0.25) is 10.0 Å². The molecule has 0 aliphatic carbocycles. The minimum atomic E-state index is -0.301. The summed E-state index contributed by atoms with van der Waals surface area (Å²) in [5, 5.41) is 11.0. The largest absolute Gasteiger partial charge is 0.360 e. The van der Waals surface area contributed by atoms with Gasteiger partial charge < -0.3 is 9.72 Å². The highest BCUT2D eigenvalue weighted by Crippen LogP contribution is 2.23. The lowest BCUT2D eigenvalue weighted by Crippen LogP contribution is -2.38. The highest BCUT2D eigenvalue weighted by molar-refractivity contribution is 7.99. The average Bonchev–Trinajstić information content (AvgIpc) is 3.19. The molecule has 0 spiro atoms. The first-order valence-electron chi connectivity index (χ1n) is 9.41. The topological polar surface area (TPSA) is 95.7 Å². The van der Waals surface area contributed by atoms with Crippen molar-refractivity contribution in [2.45, 2.75) is 38.1 Å². The predicted octanol–water partition coefficient (Wildman–Crippen LogP) is 3.52. The van der Waals surface area contributed by atoms with Gasteiger partial charge in [0.2, 0.25) is 0 Å². The molecule has 1 fully saturated rings. The third kappa shape index (κ3) is 5.32. The van der Waals surface area contributed by atoms with Crippen molar-refractivity contribution >= 4 is 46.0 Å². The third-order valence-electron chi connectivity index (χ3n) is 4.78. The minimum Gasteiger partial charge on any atom is -0.360 e. The highest BCUT2D eigenvalue weighted by atomic mass is 35.5. The molecule has 154 valence electrons. The summed E-state index contributed by atoms with van der Waals surface area (Å²) in [5.41, 5.74) is 1.68. The van der Waals surface area contributed by atoms with Gasteiger partial charge in [-0.3, -0.25) is 15.2 Å². The maximum absolute atomic E-state index is 12.2. The number of hydrogen-bond donors (Lipinski definition) is 3. The van der Waals surface area contributed by atoms with Gasteiger partial charge in [0.1, 0.15) is 23.1 Å². The first kappa shape index (κ1) is 20.7. The molecule has 7 nitrogen and oxygen atoms in total. The second kappa shape index (κ2) is 9.49. The van der Waals surface area contributed by atoms with Gasteiger partial charge in [0.25, 0.3) is 5.56 Å². The molecule has 1 saturated heterocycles. The fourth-order valence-corrected chi connectivity index (χ4v) is 4.65. The van der Waals surface area contributed by atoms with Crippen molar-refractivity contribution in [1.82, 2.24) is 25.5 Å². The molecule has 3 heterocycles. The monoisotopic (exact) mass is 453 g/mol. The van der Waals surface area contributed by atoms with Crippen molar-refractivity contribution in [3.8, 4) is 0 Å². The number of aromatic nitrogens is 4. The van der Waals surface area contributed by atoms with Crippen LogP contribution in [-0.2, 0) is 17.7 Å². The second-order valence-electron chi connectivity index (χ2n) is 6.91. The Morgan fingerprint density at radius 1 is 1.28 bits per heavy atom. The molecule has 0 radical (unpaired) electrons. The van der Waals surface area contributed by atoms with E-state index in [1.807, 2.05) is 23.9 Å². The molecule has 0 unspecified atom stereocenters. The van der Waals surface area contributed by atoms with Crippen LogP contribution in [0.1, 0.15) is 24.2 Å². The molecular formula is C19H21Cl2N5O2S. The Bertz CT molecular complexity index is 1030. The Hall–Kier alpha value is -1.58. The number of nitrogens with one attached hydrogen (secondary N) is 3. The van der Waals surface area contributed by atoms with E-state index in [1.165, 1.54) is 0 Å². The third-order valence-corrected chi connectivity index (χ3v) is 6.57. The van der Waals surface area contributed by atoms with E-state index in [0.717, 1.165) is 29.9 Å². The fourth-order valence-electron chi connectivity index (χ4n) is 3.26. The molecule has 0 amide bonds. The smallest absolute Gasteiger partial charge is 0.276 e. The van der Waals surface area contributed by atoms with Crippen LogP contribution in [0.15, 0.2) is 29.2 Å². The minimum absolute atomic E-state index is 0.187. The molecule has 1 aliphatic rings. The molecule has 10 heteroatoms. The van der Waals surface area contributed by atoms with Gasteiger partial charge in [-0.25, -0.2) is 4.98 Å². The van der Waals surface area contributed by atoms with Crippen LogP contribution in [0.4, 0.5) is 0 Å². The van der Waals surface area contributed by atoms with E-state index >= 15 is 0 Å². The Labute approximate surface area is 181 Å². The van der Waals surface area contributed by atoms with E-state index in [0.29, 0.717) is 39.9 Å². The summed E-state index contributed by atoms with van der Waals surface area (Å²) in [4.78, 5) is 19.5. The molecule has 4 rings (SSSR count). The first-order valence-corrected chi connectivity index (χ1v) is 11.3. The summed E-state index contributed by atoms with van der Waals surface area (Å²) in [5.74, 6) is 2.75. The van der Waals surface area contributed by atoms with Crippen LogP contribution in [0.25, 0.3) is 11.0 Å². The van der Waals surface area contributed by atoms with Crippen molar-refractivity contribution < 1.29 is 4.74 Å². The van der Waals surface area contributed by atoms with Gasteiger partial charge >= 0.3 is 0 Å². The number of H-pyrrole nitrogens is 2. The van der Waals surface area contributed by atoms with E-state index < -0.39 is 0 Å². The van der Waals surface area contributed by atoms with Gasteiger partial charge in [-0.1, -0.05) is 29.3 Å². The number of thioether (sulfide) groups is 1. The quantitative estimate of drug-likeness (QED) is 0.473. The first-order chi connectivity index (χ1) is 14.1. The van der Waals surface area contributed by atoms with E-state index in [2.05, 4.69) is 25.5 Å². The van der Waals surface area contributed by atoms with E-state index in [1.54, 1.807) is 12.3 Å². The summed E-state index contributed by atoms with van der Waals surface area (Å²) in [6, 6.07) is 5.54. The summed E-state index contributed by atoms with van der Waals surface area (Å²) in [6.45, 7) is 0.557. The lowest BCUT2D eigenvalue weighted by atomic mass is 10.2. The summed E-state index contributed by atoms with van der Waals surface area (Å²) < 4.78 is 6.34. The fraction of sp³-hybridized carbons (Fsp3) is 0.421. The molecule has 0 bridgehead atoms. The van der Waals surface area contributed by atoms with Gasteiger partial charge in [0.05, 0.1) is 22.3 Å². The van der Waals surface area contributed by atoms with Crippen molar-refractivity contribution in [3.63, 3.8) is 0 Å². The van der Waals surface area contributed by atoms with Crippen LogP contribution in [0, 0.1) is 0 Å². The Morgan fingerprint density at radius 3 is 2.90 bits per heavy atom. The lowest BCUT2D eigenvalue weighted by Gasteiger charge is -2.28. The summed E-state index contributed by atoms with van der Waals surface area (Å²) in [7, 11) is 0. The van der Waals surface area contributed by atoms with Gasteiger partial charge in [-0.05, 0) is 42.0 Å². The predicted molar refractivity (Wildman–Crippen MR) is 117 cm³/mol. The van der Waals surface area contributed by atoms with Crippen molar-refractivity contribution in [1.29, 1.82) is 0 Å². The molecule has 1 aliphatic heterocycles. The van der Waals surface area contributed by atoms with Crippen LogP contribution < -0.4 is 10.9 Å². The Balaban J connectivity index is 1.49. The molecule has 1 atom stereocenters. The number of halogens is 2. The van der Waals surface area contributed by atoms with E-state index in [9.17, 15) is 4.79 Å². The number of nitrogens with zero attached hydrogens (tertiary/aromatic N) is 2. The van der Waals surface area contributed by atoms with Crippen molar-refractivity contribution in [2.75, 3.05) is 11.5 Å². The van der Waals surface area contributed by atoms with Gasteiger partial charge in [0, 0.05) is 13.0 Å². The second-order valence-corrected chi connectivity index (χ2v) is 8.95. The number of rotatable bonds is 7. The van der Waals surface area contributed by atoms with Gasteiger partial charge in [0.15, 0.2) is 0 Å². The zero-order chi connectivity index (χ0) is 20.2. The van der Waals surface area contributed by atoms with Crippen LogP contribution >= 0.6 is 35.0 Å². The molecule has 3 N–H and O–H groups in total. The van der Waals surface area contributed by atoms with Crippen LogP contribution in [-0.4, -0.2) is 44.0 Å². The number of hydrogen-bond acceptors (Lipinski definition) is 6. The molecule has 3 aromatic rings. The molecule has 0 saturated carbocycles. The van der Waals surface area contributed by atoms with Crippen molar-refractivity contribution in [3.05, 3.63) is 56.2 Å². The number of aromatic amines is 2. The summed E-state index contributed by atoms with van der Waals surface area (Å²) >= 11 is 14.1. The maximum atomic E-state index is 12.2. The highest BCUT2D eigenvalue weighted by Gasteiger charge is 2.21. The molecule has 1 aromatic carbocycles. The zero-order valence-electron chi connectivity index (χ0n) is 15.6. The van der Waals surface area contributed by atoms with Gasteiger partial charge in [-0.15, -0.1) is 0 Å².